The second kappa shape index (κ2) is 7.25. The second-order valence-corrected chi connectivity index (χ2v) is 5.36. The Bertz CT molecular complexity index is 781. The van der Waals surface area contributed by atoms with E-state index in [0.29, 0.717) is 24.6 Å². The first-order valence-electron chi connectivity index (χ1n) is 7.97. The van der Waals surface area contributed by atoms with E-state index >= 15 is 0 Å². The van der Waals surface area contributed by atoms with Crippen LogP contribution in [-0.4, -0.2) is 41.8 Å². The van der Waals surface area contributed by atoms with E-state index in [2.05, 4.69) is 34.1 Å². The maximum atomic E-state index is 12.4. The van der Waals surface area contributed by atoms with Crippen molar-refractivity contribution >= 4 is 12.2 Å². The Morgan fingerprint density at radius 3 is 3.08 bits per heavy atom. The normalized spacial score (nSPS) is 14.2. The van der Waals surface area contributed by atoms with Crippen LogP contribution in [0, 0.1) is 0 Å². The first kappa shape index (κ1) is 16.2. The van der Waals surface area contributed by atoms with Gasteiger partial charge in [-0.2, -0.15) is 5.10 Å². The maximum Gasteiger partial charge on any atom is 0.176 e. The molecule has 24 heavy (non-hydrogen) atoms. The van der Waals surface area contributed by atoms with Crippen molar-refractivity contribution in [2.75, 3.05) is 19.8 Å². The van der Waals surface area contributed by atoms with Crippen molar-refractivity contribution in [3.05, 3.63) is 41.2 Å². The Hall–Kier alpha value is -2.70. The minimum atomic E-state index is -0.548. The van der Waals surface area contributed by atoms with Gasteiger partial charge in [0.2, 0.25) is 0 Å². The molecular weight excluding hydrogens is 309 g/mol. The van der Waals surface area contributed by atoms with Crippen molar-refractivity contribution in [1.29, 1.82) is 0 Å². The van der Waals surface area contributed by atoms with Crippen molar-refractivity contribution in [3.8, 4) is 11.4 Å². The molecule has 1 aromatic carbocycles. The van der Waals surface area contributed by atoms with Gasteiger partial charge in [0.05, 0.1) is 19.5 Å². The number of benzene rings is 1. The highest BCUT2D eigenvalue weighted by Crippen LogP contribution is 2.29. The van der Waals surface area contributed by atoms with E-state index in [1.165, 1.54) is 5.56 Å². The van der Waals surface area contributed by atoms with E-state index in [9.17, 15) is 4.39 Å². The Morgan fingerprint density at radius 2 is 2.33 bits per heavy atom. The van der Waals surface area contributed by atoms with Gasteiger partial charge in [0, 0.05) is 12.1 Å². The molecule has 1 aromatic heterocycles. The minimum absolute atomic E-state index is 0.0363. The van der Waals surface area contributed by atoms with Crippen molar-refractivity contribution < 1.29 is 9.13 Å². The average Bonchev–Trinajstić information content (AvgIpc) is 2.95. The Morgan fingerprint density at radius 1 is 1.46 bits per heavy atom. The predicted molar refractivity (Wildman–Crippen MR) is 92.2 cm³/mol. The number of aliphatic imine (C=N–C) groups is 2. The van der Waals surface area contributed by atoms with E-state index in [1.807, 2.05) is 16.8 Å². The number of ether oxygens (including phenoxy) is 1. The molecule has 0 aliphatic carbocycles. The zero-order chi connectivity index (χ0) is 16.9. The molecule has 0 saturated heterocycles. The summed E-state index contributed by atoms with van der Waals surface area (Å²) in [5.74, 6) is 1.13. The fraction of sp³-hybridized carbons (Fsp3) is 0.353. The quantitative estimate of drug-likeness (QED) is 0.689. The Labute approximate surface area is 139 Å². The lowest BCUT2D eigenvalue weighted by molar-refractivity contribution is 0.326. The van der Waals surface area contributed by atoms with Crippen LogP contribution >= 0.6 is 0 Å². The zero-order valence-corrected chi connectivity index (χ0v) is 13.6. The largest absolute Gasteiger partial charge is 0.491 e. The molecule has 7 heteroatoms. The minimum Gasteiger partial charge on any atom is -0.491 e. The molecule has 0 unspecified atom stereocenters. The maximum absolute atomic E-state index is 12.4. The molecule has 1 aliphatic heterocycles. The number of aromatic nitrogens is 2. The van der Waals surface area contributed by atoms with Crippen LogP contribution in [0.4, 0.5) is 4.39 Å². The lowest BCUT2D eigenvalue weighted by atomic mass is 10.1. The van der Waals surface area contributed by atoms with Crippen LogP contribution in [0.1, 0.15) is 23.9 Å². The van der Waals surface area contributed by atoms with Gasteiger partial charge in [-0.15, -0.1) is 0 Å². The molecule has 0 spiro atoms. The number of rotatable bonds is 4. The molecule has 2 N–H and O–H groups in total. The van der Waals surface area contributed by atoms with Crippen molar-refractivity contribution in [3.63, 3.8) is 0 Å². The molecule has 2 heterocycles. The van der Waals surface area contributed by atoms with Gasteiger partial charge in [0.15, 0.2) is 5.84 Å². The highest BCUT2D eigenvalue weighted by Gasteiger charge is 2.19. The van der Waals surface area contributed by atoms with Gasteiger partial charge in [0.25, 0.3) is 0 Å². The number of amidine groups is 1. The first-order chi connectivity index (χ1) is 11.8. The molecule has 0 saturated carbocycles. The molecule has 0 radical (unpaired) electrons. The van der Waals surface area contributed by atoms with E-state index < -0.39 is 6.67 Å². The summed E-state index contributed by atoms with van der Waals surface area (Å²) >= 11 is 0. The van der Waals surface area contributed by atoms with Gasteiger partial charge < -0.3 is 10.5 Å². The smallest absolute Gasteiger partial charge is 0.176 e. The molecule has 0 bridgehead atoms. The summed E-state index contributed by atoms with van der Waals surface area (Å²) in [5.41, 5.74) is 9.06. The molecule has 1 aliphatic rings. The van der Waals surface area contributed by atoms with Crippen LogP contribution in [0.25, 0.3) is 5.69 Å². The number of hydrogen-bond acceptors (Lipinski definition) is 3. The summed E-state index contributed by atoms with van der Waals surface area (Å²) in [6.45, 7) is 2.16. The first-order valence-corrected chi connectivity index (χ1v) is 7.97. The summed E-state index contributed by atoms with van der Waals surface area (Å²) in [6.07, 6.45) is 2.79. The highest BCUT2D eigenvalue weighted by atomic mass is 19.1. The topological polar surface area (TPSA) is 77.8 Å². The number of hydrogen-bond donors (Lipinski definition) is 1. The monoisotopic (exact) mass is 329 g/mol. The van der Waals surface area contributed by atoms with Crippen LogP contribution < -0.4 is 10.5 Å². The fourth-order valence-corrected chi connectivity index (χ4v) is 2.66. The summed E-state index contributed by atoms with van der Waals surface area (Å²) in [6, 6.07) is 8.01. The zero-order valence-electron chi connectivity index (χ0n) is 13.6. The average molecular weight is 329 g/mol. The van der Waals surface area contributed by atoms with Gasteiger partial charge in [-0.05, 0) is 30.2 Å². The third-order valence-electron chi connectivity index (χ3n) is 3.83. The number of halogens is 1. The summed E-state index contributed by atoms with van der Waals surface area (Å²) in [4.78, 5) is 8.13. The van der Waals surface area contributed by atoms with E-state index in [1.54, 1.807) is 0 Å². The van der Waals surface area contributed by atoms with Crippen LogP contribution in [0.2, 0.25) is 0 Å². The number of aryl methyl sites for hydroxylation is 1. The van der Waals surface area contributed by atoms with Crippen LogP contribution in [0.5, 0.6) is 5.75 Å². The molecule has 2 aromatic rings. The summed E-state index contributed by atoms with van der Waals surface area (Å²) in [5, 5.41) is 4.61. The van der Waals surface area contributed by atoms with Crippen molar-refractivity contribution in [1.82, 2.24) is 9.78 Å². The third-order valence-corrected chi connectivity index (χ3v) is 3.83. The number of fused-ring (bicyclic) bond motifs is 3. The van der Waals surface area contributed by atoms with E-state index in [0.717, 1.165) is 29.9 Å². The van der Waals surface area contributed by atoms with Crippen molar-refractivity contribution in [2.45, 2.75) is 19.8 Å². The lowest BCUT2D eigenvalue weighted by Gasteiger charge is -2.10. The van der Waals surface area contributed by atoms with Gasteiger partial charge in [0.1, 0.15) is 23.8 Å². The Balaban J connectivity index is 2.08. The standard InChI is InChI=1S/C17H20FN5O/c1-2-12-3-4-16-15(9-12)23-13(5-8-24-16)10-14(22-23)17(21-11-19)20-7-6-18/h3-4,9-11H,2,5-8H2,1H3,(H2,19,20,21). The molecule has 3 rings (SSSR count). The number of alkyl halides is 1. The number of nitrogens with zero attached hydrogens (tertiary/aromatic N) is 4. The second-order valence-electron chi connectivity index (χ2n) is 5.36. The predicted octanol–water partition coefficient (Wildman–Crippen LogP) is 2.07. The molecular formula is C17H20FN5O. The van der Waals surface area contributed by atoms with Crippen molar-refractivity contribution in [2.24, 2.45) is 15.7 Å². The van der Waals surface area contributed by atoms with Crippen LogP contribution in [-0.2, 0) is 12.8 Å². The van der Waals surface area contributed by atoms with Gasteiger partial charge >= 0.3 is 0 Å². The lowest BCUT2D eigenvalue weighted by Crippen LogP contribution is -2.06. The summed E-state index contributed by atoms with van der Waals surface area (Å²) in [7, 11) is 0. The fourth-order valence-electron chi connectivity index (χ4n) is 2.66. The van der Waals surface area contributed by atoms with Crippen LogP contribution in [0.15, 0.2) is 34.3 Å². The number of nitrogens with two attached hydrogens (primary N) is 1. The third kappa shape index (κ3) is 3.15. The SMILES string of the molecule is CCc1ccc2c(c1)-n1nc(C(N=CN)=NCCF)cc1CCO2. The molecule has 6 nitrogen and oxygen atoms in total. The van der Waals surface area contributed by atoms with Gasteiger partial charge in [-0.1, -0.05) is 13.0 Å². The molecule has 0 atom stereocenters. The van der Waals surface area contributed by atoms with Gasteiger partial charge in [-0.3, -0.25) is 4.99 Å². The highest BCUT2D eigenvalue weighted by molar-refractivity contribution is 6.01. The molecule has 0 amide bonds. The van der Waals surface area contributed by atoms with E-state index in [-0.39, 0.29) is 6.54 Å². The molecule has 0 fully saturated rings. The Kier molecular flexibility index (Phi) is 4.88. The summed E-state index contributed by atoms with van der Waals surface area (Å²) < 4.78 is 20.1. The van der Waals surface area contributed by atoms with Gasteiger partial charge in [-0.25, -0.2) is 14.1 Å². The van der Waals surface area contributed by atoms with E-state index in [4.69, 9.17) is 10.5 Å². The molecule has 126 valence electrons. The van der Waals surface area contributed by atoms with Crippen LogP contribution in [0.3, 0.4) is 0 Å².